The standard InChI is InChI=1S/C14H21FN2O/c1-18-14-6-3-11(9-13(14)15)10-16-7-2-8-17-12-4-5-12/h3,6,9,12,16-17H,2,4-5,7-8,10H2,1H3. The van der Waals surface area contributed by atoms with Crippen molar-refractivity contribution < 1.29 is 9.13 Å². The fourth-order valence-electron chi connectivity index (χ4n) is 1.86. The molecular formula is C14H21FN2O. The smallest absolute Gasteiger partial charge is 0.165 e. The zero-order valence-electron chi connectivity index (χ0n) is 10.8. The Kier molecular flexibility index (Phi) is 4.96. The van der Waals surface area contributed by atoms with Crippen molar-refractivity contribution >= 4 is 0 Å². The van der Waals surface area contributed by atoms with Crippen LogP contribution in [0.15, 0.2) is 18.2 Å². The Balaban J connectivity index is 1.61. The molecule has 0 bridgehead atoms. The number of ether oxygens (including phenoxy) is 1. The number of halogens is 1. The number of hydrogen-bond donors (Lipinski definition) is 2. The minimum atomic E-state index is -0.299. The van der Waals surface area contributed by atoms with Crippen molar-refractivity contribution in [3.8, 4) is 5.75 Å². The molecule has 1 aliphatic rings. The van der Waals surface area contributed by atoms with Crippen LogP contribution >= 0.6 is 0 Å². The fraction of sp³-hybridized carbons (Fsp3) is 0.571. The number of rotatable bonds is 8. The summed E-state index contributed by atoms with van der Waals surface area (Å²) in [7, 11) is 1.48. The molecule has 0 heterocycles. The topological polar surface area (TPSA) is 33.3 Å². The average molecular weight is 252 g/mol. The summed E-state index contributed by atoms with van der Waals surface area (Å²) in [4.78, 5) is 0. The van der Waals surface area contributed by atoms with E-state index in [0.717, 1.165) is 31.1 Å². The zero-order chi connectivity index (χ0) is 12.8. The highest BCUT2D eigenvalue weighted by atomic mass is 19.1. The highest BCUT2D eigenvalue weighted by Gasteiger charge is 2.19. The largest absolute Gasteiger partial charge is 0.494 e. The van der Waals surface area contributed by atoms with Gasteiger partial charge in [-0.25, -0.2) is 4.39 Å². The van der Waals surface area contributed by atoms with Gasteiger partial charge in [-0.2, -0.15) is 0 Å². The van der Waals surface area contributed by atoms with E-state index in [1.54, 1.807) is 6.07 Å². The maximum absolute atomic E-state index is 13.4. The molecule has 100 valence electrons. The van der Waals surface area contributed by atoms with Gasteiger partial charge in [0.2, 0.25) is 0 Å². The van der Waals surface area contributed by atoms with Gasteiger partial charge in [0.1, 0.15) is 0 Å². The molecule has 0 spiro atoms. The SMILES string of the molecule is COc1ccc(CNCCCNC2CC2)cc1F. The number of methoxy groups -OCH3 is 1. The molecule has 0 saturated heterocycles. The Hall–Kier alpha value is -1.13. The molecule has 3 nitrogen and oxygen atoms in total. The van der Waals surface area contributed by atoms with E-state index in [-0.39, 0.29) is 5.82 Å². The summed E-state index contributed by atoms with van der Waals surface area (Å²) in [6, 6.07) is 5.85. The Morgan fingerprint density at radius 1 is 1.33 bits per heavy atom. The van der Waals surface area contributed by atoms with E-state index in [1.807, 2.05) is 6.07 Å². The summed E-state index contributed by atoms with van der Waals surface area (Å²) in [5, 5.41) is 6.78. The molecule has 0 radical (unpaired) electrons. The Bertz CT molecular complexity index is 380. The molecule has 0 amide bonds. The molecular weight excluding hydrogens is 231 g/mol. The van der Waals surface area contributed by atoms with Gasteiger partial charge in [0.15, 0.2) is 11.6 Å². The van der Waals surface area contributed by atoms with Crippen LogP contribution in [0.4, 0.5) is 4.39 Å². The second-order valence-corrected chi connectivity index (χ2v) is 4.73. The molecule has 2 rings (SSSR count). The summed E-state index contributed by atoms with van der Waals surface area (Å²) in [6.45, 7) is 2.71. The van der Waals surface area contributed by atoms with Gasteiger partial charge >= 0.3 is 0 Å². The first-order valence-electron chi connectivity index (χ1n) is 6.56. The molecule has 1 aromatic carbocycles. The number of benzene rings is 1. The number of hydrogen-bond acceptors (Lipinski definition) is 3. The molecule has 0 aromatic heterocycles. The van der Waals surface area contributed by atoms with E-state index in [9.17, 15) is 4.39 Å². The second kappa shape index (κ2) is 6.71. The first-order valence-corrected chi connectivity index (χ1v) is 6.56. The van der Waals surface area contributed by atoms with E-state index in [0.29, 0.717) is 12.3 Å². The van der Waals surface area contributed by atoms with Crippen molar-refractivity contribution in [2.24, 2.45) is 0 Å². The molecule has 0 aliphatic heterocycles. The maximum atomic E-state index is 13.4. The Morgan fingerprint density at radius 3 is 2.83 bits per heavy atom. The molecule has 18 heavy (non-hydrogen) atoms. The van der Waals surface area contributed by atoms with E-state index < -0.39 is 0 Å². The van der Waals surface area contributed by atoms with E-state index in [1.165, 1.54) is 26.0 Å². The number of nitrogens with one attached hydrogen (secondary N) is 2. The lowest BCUT2D eigenvalue weighted by Gasteiger charge is -2.07. The van der Waals surface area contributed by atoms with Gasteiger partial charge < -0.3 is 15.4 Å². The quantitative estimate of drug-likeness (QED) is 0.695. The van der Waals surface area contributed by atoms with Gasteiger partial charge in [-0.1, -0.05) is 6.07 Å². The lowest BCUT2D eigenvalue weighted by molar-refractivity contribution is 0.386. The van der Waals surface area contributed by atoms with Crippen LogP contribution in [-0.4, -0.2) is 26.2 Å². The third-order valence-electron chi connectivity index (χ3n) is 3.09. The van der Waals surface area contributed by atoms with Gasteiger partial charge in [-0.15, -0.1) is 0 Å². The van der Waals surface area contributed by atoms with Crippen LogP contribution in [0.2, 0.25) is 0 Å². The van der Waals surface area contributed by atoms with Crippen molar-refractivity contribution in [2.75, 3.05) is 20.2 Å². The monoisotopic (exact) mass is 252 g/mol. The zero-order valence-corrected chi connectivity index (χ0v) is 10.8. The van der Waals surface area contributed by atoms with Gasteiger partial charge in [0.25, 0.3) is 0 Å². The van der Waals surface area contributed by atoms with Crippen LogP contribution in [0.25, 0.3) is 0 Å². The van der Waals surface area contributed by atoms with Gasteiger partial charge in [0.05, 0.1) is 7.11 Å². The highest BCUT2D eigenvalue weighted by Crippen LogP contribution is 2.18. The molecule has 1 aliphatic carbocycles. The first-order chi connectivity index (χ1) is 8.79. The molecule has 2 N–H and O–H groups in total. The molecule has 1 saturated carbocycles. The minimum Gasteiger partial charge on any atom is -0.494 e. The predicted molar refractivity (Wildman–Crippen MR) is 70.3 cm³/mol. The molecule has 0 atom stereocenters. The minimum absolute atomic E-state index is 0.299. The highest BCUT2D eigenvalue weighted by molar-refractivity contribution is 5.29. The van der Waals surface area contributed by atoms with Crippen LogP contribution in [0.5, 0.6) is 5.75 Å². The molecule has 1 aromatic rings. The first kappa shape index (κ1) is 13.3. The predicted octanol–water partition coefficient (Wildman–Crippen LogP) is 2.07. The normalized spacial score (nSPS) is 14.8. The lowest BCUT2D eigenvalue weighted by Crippen LogP contribution is -2.23. The average Bonchev–Trinajstić information content (AvgIpc) is 3.18. The van der Waals surface area contributed by atoms with Crippen LogP contribution in [0.1, 0.15) is 24.8 Å². The Labute approximate surface area is 108 Å². The van der Waals surface area contributed by atoms with E-state index >= 15 is 0 Å². The van der Waals surface area contributed by atoms with Crippen LogP contribution in [-0.2, 0) is 6.54 Å². The summed E-state index contributed by atoms with van der Waals surface area (Å²) >= 11 is 0. The fourth-order valence-corrected chi connectivity index (χ4v) is 1.86. The lowest BCUT2D eigenvalue weighted by atomic mass is 10.2. The summed E-state index contributed by atoms with van der Waals surface area (Å²) < 4.78 is 18.3. The summed E-state index contributed by atoms with van der Waals surface area (Å²) in [5.41, 5.74) is 0.948. The van der Waals surface area contributed by atoms with Crippen molar-refractivity contribution in [1.29, 1.82) is 0 Å². The Morgan fingerprint density at radius 2 is 2.17 bits per heavy atom. The summed E-state index contributed by atoms with van der Waals surface area (Å²) in [5.74, 6) is -0.000386. The second-order valence-electron chi connectivity index (χ2n) is 4.73. The molecule has 0 unspecified atom stereocenters. The van der Waals surface area contributed by atoms with Crippen molar-refractivity contribution in [2.45, 2.75) is 31.8 Å². The van der Waals surface area contributed by atoms with Crippen molar-refractivity contribution in [3.05, 3.63) is 29.6 Å². The van der Waals surface area contributed by atoms with Crippen molar-refractivity contribution in [3.63, 3.8) is 0 Å². The third-order valence-corrected chi connectivity index (χ3v) is 3.09. The van der Waals surface area contributed by atoms with E-state index in [4.69, 9.17) is 4.74 Å². The van der Waals surface area contributed by atoms with Crippen LogP contribution in [0, 0.1) is 5.82 Å². The summed E-state index contributed by atoms with van der Waals surface area (Å²) in [6.07, 6.45) is 3.77. The van der Waals surface area contributed by atoms with Crippen LogP contribution < -0.4 is 15.4 Å². The molecule has 4 heteroatoms. The van der Waals surface area contributed by atoms with Gasteiger partial charge in [-0.3, -0.25) is 0 Å². The van der Waals surface area contributed by atoms with E-state index in [2.05, 4.69) is 10.6 Å². The van der Waals surface area contributed by atoms with Crippen LogP contribution in [0.3, 0.4) is 0 Å². The van der Waals surface area contributed by atoms with Gasteiger partial charge in [-0.05, 0) is 50.0 Å². The maximum Gasteiger partial charge on any atom is 0.165 e. The molecule has 1 fully saturated rings. The third kappa shape index (κ3) is 4.27. The van der Waals surface area contributed by atoms with Gasteiger partial charge in [0, 0.05) is 12.6 Å². The van der Waals surface area contributed by atoms with Crippen molar-refractivity contribution in [1.82, 2.24) is 10.6 Å².